The summed E-state index contributed by atoms with van der Waals surface area (Å²) in [6.45, 7) is 12.0. The lowest BCUT2D eigenvalue weighted by Gasteiger charge is -2.26. The molecule has 0 aliphatic rings. The van der Waals surface area contributed by atoms with Gasteiger partial charge in [0.2, 0.25) is 35.4 Å². The zero-order valence-corrected chi connectivity index (χ0v) is 37.4. The van der Waals surface area contributed by atoms with E-state index in [1.807, 2.05) is 58.0 Å². The van der Waals surface area contributed by atoms with Gasteiger partial charge in [0.15, 0.2) is 0 Å². The number of aliphatic carboxylic acids is 1. The van der Waals surface area contributed by atoms with Crippen LogP contribution in [0.5, 0.6) is 0 Å². The standard InChI is InChI=1S/C44H77N9O8/c1-28(2)36(47)26-42(58)48-30(5)20-38(54)50-33(16-10-12-18-45)23-40(56)52-35(22-32-14-8-7-9-15-32)24-41(57)53-37(29(3)4)27-43(59)49-31(6)21-39(55)51-34(25-44(60)61)17-11-13-19-46/h7-9,14-15,28-31,33-37H,10-13,16-27,45-47H2,1-6H3,(H,48,58)(H,49,59)(H,50,54)(H,51,55)(H,52,56)(H,53,57)(H,60,61)/t30-,31-,33+,34+,35-,36+,37+/m1/s1. The van der Waals surface area contributed by atoms with Crippen LogP contribution in [0.4, 0.5) is 0 Å². The summed E-state index contributed by atoms with van der Waals surface area (Å²) < 4.78 is 0. The minimum atomic E-state index is -1.02. The molecule has 0 radical (unpaired) electrons. The van der Waals surface area contributed by atoms with E-state index in [-0.39, 0.29) is 98.3 Å². The predicted octanol–water partition coefficient (Wildman–Crippen LogP) is 1.89. The second-order valence-corrected chi connectivity index (χ2v) is 17.1. The van der Waals surface area contributed by atoms with E-state index in [0.29, 0.717) is 58.0 Å². The number of rotatable bonds is 32. The van der Waals surface area contributed by atoms with Gasteiger partial charge in [0.05, 0.1) is 6.42 Å². The van der Waals surface area contributed by atoms with Crippen molar-refractivity contribution in [3.8, 4) is 0 Å². The molecule has 0 spiro atoms. The third-order valence-electron chi connectivity index (χ3n) is 10.4. The SMILES string of the molecule is CC(C)[C@H](CC(=O)N[C@H](C)CC(=O)N[C@@H](CCCCN)CC(=O)O)NC(=O)C[C@@H](Cc1ccccc1)NC(=O)C[C@H](CCCCN)NC(=O)C[C@@H](C)NC(=O)C[C@H](N)C(C)C. The van der Waals surface area contributed by atoms with Crippen molar-refractivity contribution in [1.29, 1.82) is 0 Å². The van der Waals surface area contributed by atoms with Crippen LogP contribution in [-0.4, -0.2) is 102 Å². The molecule has 1 aromatic carbocycles. The number of amides is 6. The summed E-state index contributed by atoms with van der Waals surface area (Å²) in [6, 6.07) is 5.92. The van der Waals surface area contributed by atoms with Crippen molar-refractivity contribution in [2.75, 3.05) is 13.1 Å². The Bertz CT molecular complexity index is 1500. The monoisotopic (exact) mass is 860 g/mol. The van der Waals surface area contributed by atoms with Crippen LogP contribution in [0.2, 0.25) is 0 Å². The number of hydrogen-bond donors (Lipinski definition) is 10. The molecule has 0 aliphatic carbocycles. The van der Waals surface area contributed by atoms with Gasteiger partial charge in [-0.3, -0.25) is 33.6 Å². The van der Waals surface area contributed by atoms with Crippen LogP contribution in [0.25, 0.3) is 0 Å². The zero-order valence-electron chi connectivity index (χ0n) is 37.4. The van der Waals surface area contributed by atoms with Crippen molar-refractivity contribution >= 4 is 41.4 Å². The average Bonchev–Trinajstić information content (AvgIpc) is 3.14. The summed E-state index contributed by atoms with van der Waals surface area (Å²) in [6.07, 6.45) is 3.86. The third kappa shape index (κ3) is 26.4. The van der Waals surface area contributed by atoms with E-state index < -0.39 is 42.2 Å². The van der Waals surface area contributed by atoms with Crippen molar-refractivity contribution in [3.63, 3.8) is 0 Å². The molecular formula is C44H77N9O8. The highest BCUT2D eigenvalue weighted by Crippen LogP contribution is 2.13. The van der Waals surface area contributed by atoms with Crippen LogP contribution in [0.1, 0.15) is 131 Å². The predicted molar refractivity (Wildman–Crippen MR) is 236 cm³/mol. The maximum absolute atomic E-state index is 13.6. The molecular weight excluding hydrogens is 783 g/mol. The molecule has 13 N–H and O–H groups in total. The highest BCUT2D eigenvalue weighted by Gasteiger charge is 2.26. The Morgan fingerprint density at radius 1 is 0.508 bits per heavy atom. The van der Waals surface area contributed by atoms with Gasteiger partial charge in [0, 0.05) is 80.8 Å². The van der Waals surface area contributed by atoms with Crippen molar-refractivity contribution in [2.24, 2.45) is 29.0 Å². The van der Waals surface area contributed by atoms with Gasteiger partial charge in [-0.1, -0.05) is 70.9 Å². The Hall–Kier alpha value is -4.61. The molecule has 6 amide bonds. The van der Waals surface area contributed by atoms with Gasteiger partial charge in [0.1, 0.15) is 0 Å². The molecule has 346 valence electrons. The summed E-state index contributed by atoms with van der Waals surface area (Å²) in [4.78, 5) is 89.8. The highest BCUT2D eigenvalue weighted by molar-refractivity contribution is 5.84. The number of nitrogens with two attached hydrogens (primary N) is 3. The second kappa shape index (κ2) is 30.4. The van der Waals surface area contributed by atoms with Gasteiger partial charge >= 0.3 is 5.97 Å². The topological polar surface area (TPSA) is 290 Å². The zero-order chi connectivity index (χ0) is 45.9. The lowest BCUT2D eigenvalue weighted by molar-refractivity contribution is -0.138. The molecule has 0 bridgehead atoms. The van der Waals surface area contributed by atoms with E-state index >= 15 is 0 Å². The van der Waals surface area contributed by atoms with Gasteiger partial charge in [-0.05, 0) is 76.4 Å². The highest BCUT2D eigenvalue weighted by atomic mass is 16.4. The Morgan fingerprint density at radius 3 is 1.41 bits per heavy atom. The first kappa shape index (κ1) is 54.4. The molecule has 7 atom stereocenters. The number of carboxylic acids is 1. The third-order valence-corrected chi connectivity index (χ3v) is 10.4. The maximum Gasteiger partial charge on any atom is 0.305 e. The minimum absolute atomic E-state index is 0.0166. The van der Waals surface area contributed by atoms with E-state index in [2.05, 4.69) is 31.9 Å². The molecule has 0 unspecified atom stereocenters. The van der Waals surface area contributed by atoms with Crippen molar-refractivity contribution in [1.82, 2.24) is 31.9 Å². The summed E-state index contributed by atoms with van der Waals surface area (Å²) in [5, 5.41) is 26.6. The fourth-order valence-electron chi connectivity index (χ4n) is 6.81. The Morgan fingerprint density at radius 2 is 0.934 bits per heavy atom. The number of benzene rings is 1. The van der Waals surface area contributed by atoms with Crippen LogP contribution in [0.15, 0.2) is 30.3 Å². The largest absolute Gasteiger partial charge is 0.481 e. The van der Waals surface area contributed by atoms with Gasteiger partial charge in [-0.25, -0.2) is 0 Å². The summed E-state index contributed by atoms with van der Waals surface area (Å²) in [5.41, 5.74) is 18.2. The molecule has 17 heteroatoms. The van der Waals surface area contributed by atoms with Crippen molar-refractivity contribution < 1.29 is 38.7 Å². The molecule has 0 aromatic heterocycles. The fraction of sp³-hybridized carbons (Fsp3) is 0.705. The molecule has 0 aliphatic heterocycles. The molecule has 61 heavy (non-hydrogen) atoms. The number of carboxylic acid groups (broad SMARTS) is 1. The van der Waals surface area contributed by atoms with Crippen LogP contribution in [-0.2, 0) is 40.0 Å². The lowest BCUT2D eigenvalue weighted by Crippen LogP contribution is -2.48. The first-order valence-corrected chi connectivity index (χ1v) is 22.0. The first-order chi connectivity index (χ1) is 28.8. The smallest absolute Gasteiger partial charge is 0.305 e. The number of carbonyl (C=O) groups excluding carboxylic acids is 6. The second-order valence-electron chi connectivity index (χ2n) is 17.1. The van der Waals surface area contributed by atoms with Gasteiger partial charge < -0.3 is 54.2 Å². The number of carbonyl (C=O) groups is 7. The van der Waals surface area contributed by atoms with Crippen molar-refractivity contribution in [2.45, 2.75) is 174 Å². The molecule has 1 rings (SSSR count). The number of hydrogen-bond acceptors (Lipinski definition) is 10. The minimum Gasteiger partial charge on any atom is -0.481 e. The maximum atomic E-state index is 13.6. The van der Waals surface area contributed by atoms with E-state index in [9.17, 15) is 38.7 Å². The van der Waals surface area contributed by atoms with Gasteiger partial charge in [-0.15, -0.1) is 0 Å². The normalized spacial score (nSPS) is 14.7. The van der Waals surface area contributed by atoms with E-state index in [1.54, 1.807) is 13.8 Å². The Labute approximate surface area is 363 Å². The van der Waals surface area contributed by atoms with E-state index in [1.165, 1.54) is 0 Å². The average molecular weight is 860 g/mol. The van der Waals surface area contributed by atoms with E-state index in [4.69, 9.17) is 17.2 Å². The van der Waals surface area contributed by atoms with E-state index in [0.717, 1.165) is 5.56 Å². The van der Waals surface area contributed by atoms with Crippen LogP contribution < -0.4 is 49.1 Å². The molecule has 17 nitrogen and oxygen atoms in total. The summed E-state index contributed by atoms with van der Waals surface area (Å²) in [7, 11) is 0. The molecule has 0 fully saturated rings. The molecule has 0 heterocycles. The molecule has 0 saturated carbocycles. The summed E-state index contributed by atoms with van der Waals surface area (Å²) in [5.74, 6) is -3.02. The van der Waals surface area contributed by atoms with Crippen LogP contribution >= 0.6 is 0 Å². The number of nitrogens with one attached hydrogen (secondary N) is 6. The van der Waals surface area contributed by atoms with Crippen LogP contribution in [0, 0.1) is 11.8 Å². The molecule has 1 aromatic rings. The van der Waals surface area contributed by atoms with Crippen LogP contribution in [0.3, 0.4) is 0 Å². The lowest BCUT2D eigenvalue weighted by atomic mass is 9.98. The molecule has 0 saturated heterocycles. The summed E-state index contributed by atoms with van der Waals surface area (Å²) >= 11 is 0. The first-order valence-electron chi connectivity index (χ1n) is 22.0. The Balaban J connectivity index is 2.93. The fourth-order valence-corrected chi connectivity index (χ4v) is 6.81. The Kier molecular flexibility index (Phi) is 27.1. The van der Waals surface area contributed by atoms with Gasteiger partial charge in [0.25, 0.3) is 0 Å². The quantitative estimate of drug-likeness (QED) is 0.0467. The van der Waals surface area contributed by atoms with Gasteiger partial charge in [-0.2, -0.15) is 0 Å². The number of unbranched alkanes of at least 4 members (excludes halogenated alkanes) is 2. The van der Waals surface area contributed by atoms with Crippen molar-refractivity contribution in [3.05, 3.63) is 35.9 Å².